The number of imide groups is 2. The van der Waals surface area contributed by atoms with Gasteiger partial charge in [0.05, 0.1) is 33.6 Å². The summed E-state index contributed by atoms with van der Waals surface area (Å²) in [6.07, 6.45) is 1.75. The second-order valence-corrected chi connectivity index (χ2v) is 16.9. The summed E-state index contributed by atoms with van der Waals surface area (Å²) in [7, 11) is 0. The number of hydrogen-bond acceptors (Lipinski definition) is 11. The minimum Gasteiger partial charge on any atom is -0.489 e. The van der Waals surface area contributed by atoms with Crippen molar-refractivity contribution in [2.75, 3.05) is 49.1 Å². The van der Waals surface area contributed by atoms with E-state index in [4.69, 9.17) is 16.3 Å². The van der Waals surface area contributed by atoms with Gasteiger partial charge in [-0.1, -0.05) is 39.3 Å². The Hall–Kier alpha value is -5.52. The molecule has 14 nitrogen and oxygen atoms in total. The molecule has 4 fully saturated rings. The molecular formula is C41H43ClN8O6. The molecule has 0 bridgehead atoms. The molecule has 2 aromatic carbocycles. The van der Waals surface area contributed by atoms with E-state index < -0.39 is 40.5 Å². The van der Waals surface area contributed by atoms with E-state index in [2.05, 4.69) is 64.1 Å². The zero-order valence-electron chi connectivity index (χ0n) is 31.7. The van der Waals surface area contributed by atoms with Crippen LogP contribution in [-0.4, -0.2) is 108 Å². The van der Waals surface area contributed by atoms with E-state index in [1.165, 1.54) is 0 Å². The average Bonchev–Trinajstić information content (AvgIpc) is 3.40. The first kappa shape index (κ1) is 37.4. The molecule has 1 unspecified atom stereocenters. The Kier molecular flexibility index (Phi) is 9.28. The summed E-state index contributed by atoms with van der Waals surface area (Å²) in [5.74, 6) is -1.70. The predicted octanol–water partition coefficient (Wildman–Crippen LogP) is 3.63. The van der Waals surface area contributed by atoms with Crippen LogP contribution in [0.3, 0.4) is 0 Å². The third-order valence-electron chi connectivity index (χ3n) is 12.3. The monoisotopic (exact) mass is 778 g/mol. The Morgan fingerprint density at radius 3 is 2.25 bits per heavy atom. The number of amides is 5. The van der Waals surface area contributed by atoms with Crippen LogP contribution in [0.15, 0.2) is 54.7 Å². The van der Waals surface area contributed by atoms with E-state index in [1.807, 2.05) is 12.1 Å². The van der Waals surface area contributed by atoms with Gasteiger partial charge in [0.1, 0.15) is 29.7 Å². The van der Waals surface area contributed by atoms with Crippen molar-refractivity contribution in [1.29, 1.82) is 5.26 Å². The van der Waals surface area contributed by atoms with Crippen LogP contribution in [0.25, 0.3) is 0 Å². The number of benzene rings is 2. The molecule has 3 saturated heterocycles. The maximum absolute atomic E-state index is 13.4. The van der Waals surface area contributed by atoms with E-state index in [-0.39, 0.29) is 42.0 Å². The molecule has 1 aliphatic carbocycles. The highest BCUT2D eigenvalue weighted by Gasteiger charge is 2.64. The normalized spacial score (nSPS) is 24.5. The van der Waals surface area contributed by atoms with Gasteiger partial charge in [0.2, 0.25) is 11.8 Å². The molecule has 15 heteroatoms. The third kappa shape index (κ3) is 6.32. The van der Waals surface area contributed by atoms with Crippen LogP contribution in [0.1, 0.15) is 77.3 Å². The van der Waals surface area contributed by atoms with Gasteiger partial charge >= 0.3 is 0 Å². The fourth-order valence-corrected chi connectivity index (χ4v) is 9.62. The summed E-state index contributed by atoms with van der Waals surface area (Å²) in [4.78, 5) is 76.3. The smallest absolute Gasteiger partial charge is 0.270 e. The molecule has 1 atom stereocenters. The van der Waals surface area contributed by atoms with Crippen molar-refractivity contribution in [3.63, 3.8) is 0 Å². The van der Waals surface area contributed by atoms with Crippen LogP contribution in [0.2, 0.25) is 5.02 Å². The Labute approximate surface area is 329 Å². The number of fused-ring (bicyclic) bond motifs is 1. The number of carbonyl (C=O) groups excluding carboxylic acids is 5. The number of halogens is 1. The maximum Gasteiger partial charge on any atom is 0.270 e. The number of nitriles is 1. The first-order valence-corrected chi connectivity index (χ1v) is 19.3. The number of rotatable bonds is 8. The fraction of sp³-hybridized carbons (Fsp3) is 0.439. The molecule has 2 N–H and O–H groups in total. The number of nitrogens with one attached hydrogen (secondary N) is 2. The molecule has 1 aromatic heterocycles. The molecule has 8 rings (SSSR count). The quantitative estimate of drug-likeness (QED) is 0.321. The number of aromatic nitrogens is 1. The predicted molar refractivity (Wildman–Crippen MR) is 207 cm³/mol. The van der Waals surface area contributed by atoms with E-state index in [1.54, 1.807) is 42.6 Å². The molecule has 3 aromatic rings. The van der Waals surface area contributed by atoms with Crippen LogP contribution >= 0.6 is 11.6 Å². The number of anilines is 2. The first-order chi connectivity index (χ1) is 26.7. The molecular weight excluding hydrogens is 736 g/mol. The van der Waals surface area contributed by atoms with E-state index in [9.17, 15) is 29.2 Å². The number of hydrogen-bond donors (Lipinski definition) is 2. The molecule has 290 valence electrons. The molecule has 0 radical (unpaired) electrons. The van der Waals surface area contributed by atoms with E-state index >= 15 is 0 Å². The van der Waals surface area contributed by atoms with Gasteiger partial charge in [0.15, 0.2) is 0 Å². The van der Waals surface area contributed by atoms with Gasteiger partial charge in [0.25, 0.3) is 17.7 Å². The largest absolute Gasteiger partial charge is 0.489 e. The second kappa shape index (κ2) is 13.9. The number of piperidine rings is 1. The zero-order chi connectivity index (χ0) is 39.7. The van der Waals surface area contributed by atoms with Crippen molar-refractivity contribution in [3.8, 4) is 11.8 Å². The lowest BCUT2D eigenvalue weighted by Crippen LogP contribution is -2.74. The minimum atomic E-state index is -0.986. The van der Waals surface area contributed by atoms with Crippen LogP contribution in [0, 0.1) is 22.2 Å². The molecule has 5 aliphatic rings. The number of pyridine rings is 1. The number of carbonyl (C=O) groups is 5. The minimum absolute atomic E-state index is 0.0809. The van der Waals surface area contributed by atoms with Crippen molar-refractivity contribution in [2.45, 2.75) is 64.8 Å². The van der Waals surface area contributed by atoms with Gasteiger partial charge in [-0.25, -0.2) is 4.98 Å². The third-order valence-corrected chi connectivity index (χ3v) is 12.6. The number of ether oxygens (including phenoxy) is 1. The van der Waals surface area contributed by atoms with Crippen LogP contribution in [0.4, 0.5) is 11.4 Å². The number of piperazine rings is 1. The first-order valence-electron chi connectivity index (χ1n) is 18.9. The molecule has 1 saturated carbocycles. The van der Waals surface area contributed by atoms with Crippen molar-refractivity contribution < 1.29 is 28.7 Å². The highest BCUT2D eigenvalue weighted by atomic mass is 35.5. The van der Waals surface area contributed by atoms with Crippen LogP contribution < -0.4 is 25.2 Å². The van der Waals surface area contributed by atoms with Crippen molar-refractivity contribution >= 4 is 52.5 Å². The lowest BCUT2D eigenvalue weighted by Gasteiger charge is -2.63. The fourth-order valence-electron chi connectivity index (χ4n) is 9.41. The lowest BCUT2D eigenvalue weighted by atomic mass is 9.49. The maximum atomic E-state index is 13.4. The van der Waals surface area contributed by atoms with Gasteiger partial charge in [-0.15, -0.1) is 0 Å². The average molecular weight is 779 g/mol. The van der Waals surface area contributed by atoms with Crippen molar-refractivity contribution in [2.24, 2.45) is 10.8 Å². The van der Waals surface area contributed by atoms with Gasteiger partial charge < -0.3 is 19.9 Å². The summed E-state index contributed by atoms with van der Waals surface area (Å²) in [6.45, 7) is 13.2. The topological polar surface area (TPSA) is 168 Å². The highest BCUT2D eigenvalue weighted by Crippen LogP contribution is 2.55. The number of nitrogens with zero attached hydrogens (tertiary/aromatic N) is 6. The molecule has 5 heterocycles. The van der Waals surface area contributed by atoms with Crippen molar-refractivity contribution in [1.82, 2.24) is 25.4 Å². The SMILES string of the molecule is CC1(C)[C@H](NC(=O)c2ccc(N3CCN(C4CN(c5ccc6c(c5)C(=O)N(C5CCC(=O)NC5=O)C6=O)C4)CC3)cn2)C(C)(C)[C@H]1Oc1ccc(C#N)c(Cl)c1. The van der Waals surface area contributed by atoms with Gasteiger partial charge in [-0.05, 0) is 48.9 Å². The molecule has 5 amide bonds. The van der Waals surface area contributed by atoms with Crippen molar-refractivity contribution in [3.05, 3.63) is 82.1 Å². The summed E-state index contributed by atoms with van der Waals surface area (Å²) in [6, 6.07) is 15.2. The standard InChI is InChI=1S/C41H43ClN8O6/c1-40(2)38(41(3,4)39(40)56-27-8-5-23(19-43)30(42)18-27)46-34(52)31-10-7-25(20-44-31)47-13-15-48(16-14-47)26-21-49(22-26)24-6-9-28-29(17-24)37(55)50(36(28)54)32-11-12-33(51)45-35(32)53/h5-10,17-18,20,26,32,38-39H,11-16,21-22H2,1-4H3,(H,46,52)(H,45,51,53)/t32?,38-,39-. The van der Waals surface area contributed by atoms with E-state index in [0.29, 0.717) is 28.1 Å². The Morgan fingerprint density at radius 1 is 0.911 bits per heavy atom. The van der Waals surface area contributed by atoms with Crippen LogP contribution in [0.5, 0.6) is 5.75 Å². The highest BCUT2D eigenvalue weighted by molar-refractivity contribution is 6.31. The summed E-state index contributed by atoms with van der Waals surface area (Å²) >= 11 is 6.24. The summed E-state index contributed by atoms with van der Waals surface area (Å²) in [5.41, 5.74) is 2.32. The Balaban J connectivity index is 0.817. The summed E-state index contributed by atoms with van der Waals surface area (Å²) in [5, 5.41) is 15.0. The molecule has 56 heavy (non-hydrogen) atoms. The summed E-state index contributed by atoms with van der Waals surface area (Å²) < 4.78 is 6.35. The Morgan fingerprint density at radius 2 is 1.61 bits per heavy atom. The Bertz CT molecular complexity index is 2170. The van der Waals surface area contributed by atoms with Gasteiger partial charge in [0, 0.05) is 80.4 Å². The van der Waals surface area contributed by atoms with Gasteiger partial charge in [-0.2, -0.15) is 5.26 Å². The van der Waals surface area contributed by atoms with Crippen LogP contribution in [-0.2, 0) is 9.59 Å². The zero-order valence-corrected chi connectivity index (χ0v) is 32.4. The lowest BCUT2D eigenvalue weighted by molar-refractivity contribution is -0.164. The second-order valence-electron chi connectivity index (χ2n) is 16.5. The van der Waals surface area contributed by atoms with E-state index in [0.717, 1.165) is 55.5 Å². The molecule has 0 spiro atoms. The van der Waals surface area contributed by atoms with Gasteiger partial charge in [-0.3, -0.25) is 39.1 Å². The molecule has 4 aliphatic heterocycles.